The molecule has 1 unspecified atom stereocenters. The maximum atomic E-state index is 6.11. The Balaban J connectivity index is 1.86. The Morgan fingerprint density at radius 3 is 2.76 bits per heavy atom. The van der Waals surface area contributed by atoms with E-state index in [1.807, 2.05) is 6.07 Å². The molecule has 1 saturated carbocycles. The van der Waals surface area contributed by atoms with Gasteiger partial charge in [0.05, 0.1) is 5.02 Å². The molecule has 1 aliphatic carbocycles. The smallest absolute Gasteiger partial charge is 0.0548 e. The molecular formula is C16H18BrClN2S. The highest BCUT2D eigenvalue weighted by molar-refractivity contribution is 9.10. The third-order valence-corrected chi connectivity index (χ3v) is 5.86. The predicted molar refractivity (Wildman–Crippen MR) is 93.8 cm³/mol. The standard InChI is InChI=1S/C16H18BrClN2S/c17-14-7-12(1-4-15(14)18)16(8-19)20(13-2-3-13)9-11-5-6-21-10-11/h1,4-7,10,13,16H,2-3,8-9,19H2. The molecule has 112 valence electrons. The Hall–Kier alpha value is -0.390. The predicted octanol–water partition coefficient (Wildman–Crippen LogP) is 4.83. The molecule has 1 heterocycles. The average molecular weight is 386 g/mol. The van der Waals surface area contributed by atoms with Gasteiger partial charge < -0.3 is 5.73 Å². The van der Waals surface area contributed by atoms with Crippen molar-refractivity contribution in [1.82, 2.24) is 4.90 Å². The number of benzene rings is 1. The molecule has 2 nitrogen and oxygen atoms in total. The largest absolute Gasteiger partial charge is 0.329 e. The fourth-order valence-electron chi connectivity index (χ4n) is 2.68. The second-order valence-electron chi connectivity index (χ2n) is 5.46. The average Bonchev–Trinajstić information content (AvgIpc) is 3.20. The molecule has 5 heteroatoms. The van der Waals surface area contributed by atoms with Gasteiger partial charge in [0, 0.05) is 29.6 Å². The monoisotopic (exact) mass is 384 g/mol. The molecule has 0 bridgehead atoms. The molecular weight excluding hydrogens is 368 g/mol. The van der Waals surface area contributed by atoms with Crippen molar-refractivity contribution >= 4 is 38.9 Å². The molecule has 0 radical (unpaired) electrons. The van der Waals surface area contributed by atoms with Crippen LogP contribution in [0.4, 0.5) is 0 Å². The summed E-state index contributed by atoms with van der Waals surface area (Å²) in [7, 11) is 0. The van der Waals surface area contributed by atoms with E-state index in [9.17, 15) is 0 Å². The van der Waals surface area contributed by atoms with Crippen molar-refractivity contribution in [3.63, 3.8) is 0 Å². The minimum atomic E-state index is 0.242. The lowest BCUT2D eigenvalue weighted by molar-refractivity contribution is 0.182. The summed E-state index contributed by atoms with van der Waals surface area (Å²) in [5.74, 6) is 0. The summed E-state index contributed by atoms with van der Waals surface area (Å²) >= 11 is 11.4. The maximum absolute atomic E-state index is 6.11. The quantitative estimate of drug-likeness (QED) is 0.771. The second kappa shape index (κ2) is 6.80. The first-order valence-electron chi connectivity index (χ1n) is 7.11. The SMILES string of the molecule is NCC(c1ccc(Cl)c(Br)c1)N(Cc1ccsc1)C1CC1. The fourth-order valence-corrected chi connectivity index (χ4v) is 3.85. The minimum Gasteiger partial charge on any atom is -0.329 e. The zero-order valence-electron chi connectivity index (χ0n) is 11.6. The van der Waals surface area contributed by atoms with E-state index in [2.05, 4.69) is 49.8 Å². The number of hydrogen-bond donors (Lipinski definition) is 1. The van der Waals surface area contributed by atoms with Gasteiger partial charge >= 0.3 is 0 Å². The zero-order valence-corrected chi connectivity index (χ0v) is 14.8. The van der Waals surface area contributed by atoms with Crippen LogP contribution in [0.15, 0.2) is 39.5 Å². The van der Waals surface area contributed by atoms with Crippen LogP contribution in [0.2, 0.25) is 5.02 Å². The van der Waals surface area contributed by atoms with Gasteiger partial charge in [-0.05, 0) is 68.9 Å². The van der Waals surface area contributed by atoms with Crippen molar-refractivity contribution in [3.8, 4) is 0 Å². The second-order valence-corrected chi connectivity index (χ2v) is 7.50. The lowest BCUT2D eigenvalue weighted by Gasteiger charge is -2.31. The lowest BCUT2D eigenvalue weighted by atomic mass is 10.0. The number of nitrogens with zero attached hydrogens (tertiary/aromatic N) is 1. The summed E-state index contributed by atoms with van der Waals surface area (Å²) in [6.07, 6.45) is 2.55. The third kappa shape index (κ3) is 3.69. The molecule has 1 fully saturated rings. The number of hydrogen-bond acceptors (Lipinski definition) is 3. The van der Waals surface area contributed by atoms with Crippen LogP contribution in [0.25, 0.3) is 0 Å². The Bertz CT molecular complexity index is 598. The molecule has 1 atom stereocenters. The van der Waals surface area contributed by atoms with E-state index in [0.29, 0.717) is 12.6 Å². The van der Waals surface area contributed by atoms with E-state index in [4.69, 9.17) is 17.3 Å². The molecule has 0 spiro atoms. The van der Waals surface area contributed by atoms with Crippen molar-refractivity contribution in [2.45, 2.75) is 31.5 Å². The Morgan fingerprint density at radius 1 is 1.38 bits per heavy atom. The Labute approximate surface area is 143 Å². The normalized spacial score (nSPS) is 16.4. The van der Waals surface area contributed by atoms with Gasteiger partial charge in [-0.25, -0.2) is 0 Å². The van der Waals surface area contributed by atoms with Crippen molar-refractivity contribution in [2.24, 2.45) is 5.73 Å². The van der Waals surface area contributed by atoms with Gasteiger partial charge in [0.2, 0.25) is 0 Å². The summed E-state index contributed by atoms with van der Waals surface area (Å²) in [6.45, 7) is 1.59. The highest BCUT2D eigenvalue weighted by atomic mass is 79.9. The molecule has 1 aromatic carbocycles. The molecule has 2 aromatic rings. The van der Waals surface area contributed by atoms with Gasteiger partial charge in [-0.3, -0.25) is 4.90 Å². The van der Waals surface area contributed by atoms with Crippen molar-refractivity contribution in [2.75, 3.05) is 6.54 Å². The topological polar surface area (TPSA) is 29.3 Å². The zero-order chi connectivity index (χ0) is 14.8. The van der Waals surface area contributed by atoms with Crippen LogP contribution < -0.4 is 5.73 Å². The molecule has 2 N–H and O–H groups in total. The van der Waals surface area contributed by atoms with E-state index in [0.717, 1.165) is 16.0 Å². The van der Waals surface area contributed by atoms with Crippen LogP contribution >= 0.6 is 38.9 Å². The molecule has 0 aliphatic heterocycles. The van der Waals surface area contributed by atoms with Gasteiger partial charge in [0.25, 0.3) is 0 Å². The molecule has 0 amide bonds. The first-order valence-corrected chi connectivity index (χ1v) is 9.22. The van der Waals surface area contributed by atoms with Gasteiger partial charge in [0.15, 0.2) is 0 Å². The number of rotatable bonds is 6. The molecule has 0 saturated heterocycles. The number of nitrogens with two attached hydrogens (primary N) is 1. The summed E-state index contributed by atoms with van der Waals surface area (Å²) in [5.41, 5.74) is 8.71. The van der Waals surface area contributed by atoms with Crippen LogP contribution in [-0.4, -0.2) is 17.5 Å². The highest BCUT2D eigenvalue weighted by Gasteiger charge is 2.34. The van der Waals surface area contributed by atoms with E-state index in [1.54, 1.807) is 11.3 Å². The third-order valence-electron chi connectivity index (χ3n) is 3.91. The first kappa shape index (κ1) is 15.5. The van der Waals surface area contributed by atoms with Crippen molar-refractivity contribution in [1.29, 1.82) is 0 Å². The van der Waals surface area contributed by atoms with Gasteiger partial charge in [0.1, 0.15) is 0 Å². The van der Waals surface area contributed by atoms with E-state index >= 15 is 0 Å². The lowest BCUT2D eigenvalue weighted by Crippen LogP contribution is -2.35. The summed E-state index contributed by atoms with van der Waals surface area (Å²) in [4.78, 5) is 2.54. The summed E-state index contributed by atoms with van der Waals surface area (Å²) in [5, 5.41) is 5.10. The summed E-state index contributed by atoms with van der Waals surface area (Å²) < 4.78 is 0.936. The van der Waals surface area contributed by atoms with E-state index in [-0.39, 0.29) is 6.04 Å². The van der Waals surface area contributed by atoms with E-state index < -0.39 is 0 Å². The van der Waals surface area contributed by atoms with Gasteiger partial charge in [-0.15, -0.1) is 0 Å². The molecule has 3 rings (SSSR count). The molecule has 1 aliphatic rings. The highest BCUT2D eigenvalue weighted by Crippen LogP contribution is 2.37. The van der Waals surface area contributed by atoms with Gasteiger partial charge in [-0.2, -0.15) is 11.3 Å². The Morgan fingerprint density at radius 2 is 2.19 bits per heavy atom. The van der Waals surface area contributed by atoms with E-state index in [1.165, 1.54) is 24.0 Å². The van der Waals surface area contributed by atoms with Gasteiger partial charge in [-0.1, -0.05) is 17.7 Å². The van der Waals surface area contributed by atoms with Crippen LogP contribution in [0.3, 0.4) is 0 Å². The van der Waals surface area contributed by atoms with Crippen LogP contribution in [0.1, 0.15) is 30.0 Å². The number of halogens is 2. The maximum Gasteiger partial charge on any atom is 0.0548 e. The first-order chi connectivity index (χ1) is 10.2. The number of thiophene rings is 1. The fraction of sp³-hybridized carbons (Fsp3) is 0.375. The van der Waals surface area contributed by atoms with Crippen LogP contribution in [0.5, 0.6) is 0 Å². The molecule has 21 heavy (non-hydrogen) atoms. The van der Waals surface area contributed by atoms with Crippen LogP contribution in [0, 0.1) is 0 Å². The van der Waals surface area contributed by atoms with Crippen LogP contribution in [-0.2, 0) is 6.54 Å². The Kier molecular flexibility index (Phi) is 5.02. The van der Waals surface area contributed by atoms with Crippen molar-refractivity contribution < 1.29 is 0 Å². The summed E-state index contributed by atoms with van der Waals surface area (Å²) in [6, 6.07) is 9.24. The minimum absolute atomic E-state index is 0.242. The molecule has 1 aromatic heterocycles. The van der Waals surface area contributed by atoms with Crippen molar-refractivity contribution in [3.05, 3.63) is 55.6 Å².